The molecule has 0 atom stereocenters. The first kappa shape index (κ1) is 10.9. The van der Waals surface area contributed by atoms with E-state index in [9.17, 15) is 9.18 Å². The van der Waals surface area contributed by atoms with Gasteiger partial charge in [0.2, 0.25) is 0 Å². The summed E-state index contributed by atoms with van der Waals surface area (Å²) < 4.78 is 12.8. The molecule has 1 heterocycles. The summed E-state index contributed by atoms with van der Waals surface area (Å²) in [4.78, 5) is 15.5. The monoisotopic (exact) mass is 222 g/mol. The number of rotatable bonds is 2. The summed E-state index contributed by atoms with van der Waals surface area (Å²) in [5.74, 6) is -0.281. The molecule has 2 amide bonds. The number of carbonyl (C=O) groups excluding carboxylic acids is 1. The first-order valence-corrected chi connectivity index (χ1v) is 5.43. The molecule has 0 aliphatic carbocycles. The highest BCUT2D eigenvalue weighted by atomic mass is 19.1. The van der Waals surface area contributed by atoms with Crippen LogP contribution >= 0.6 is 0 Å². The Kier molecular flexibility index (Phi) is 2.81. The Bertz CT molecular complexity index is 389. The Morgan fingerprint density at radius 3 is 2.31 bits per heavy atom. The summed E-state index contributed by atoms with van der Waals surface area (Å²) in [5.41, 5.74) is 0.759. The number of hydrogen-bond donors (Lipinski definition) is 0. The molecule has 0 spiro atoms. The Labute approximate surface area is 94.5 Å². The van der Waals surface area contributed by atoms with E-state index in [1.807, 2.05) is 18.7 Å². The van der Waals surface area contributed by atoms with E-state index in [4.69, 9.17) is 0 Å². The summed E-state index contributed by atoms with van der Waals surface area (Å²) >= 11 is 0. The van der Waals surface area contributed by atoms with Crippen LogP contribution in [-0.4, -0.2) is 30.1 Å². The van der Waals surface area contributed by atoms with Gasteiger partial charge in [-0.25, -0.2) is 9.18 Å². The average molecular weight is 222 g/mol. The van der Waals surface area contributed by atoms with Gasteiger partial charge >= 0.3 is 6.03 Å². The number of urea groups is 1. The molecule has 0 aromatic heterocycles. The van der Waals surface area contributed by atoms with Crippen molar-refractivity contribution in [3.05, 3.63) is 30.1 Å². The van der Waals surface area contributed by atoms with Gasteiger partial charge in [-0.15, -0.1) is 0 Å². The summed E-state index contributed by atoms with van der Waals surface area (Å²) in [6.45, 7) is 5.38. The number of nitrogens with zero attached hydrogens (tertiary/aromatic N) is 2. The predicted octanol–water partition coefficient (Wildman–Crippen LogP) is 2.48. The van der Waals surface area contributed by atoms with Crippen LogP contribution in [0.3, 0.4) is 0 Å². The zero-order chi connectivity index (χ0) is 11.7. The van der Waals surface area contributed by atoms with Gasteiger partial charge in [0.15, 0.2) is 0 Å². The van der Waals surface area contributed by atoms with E-state index in [1.54, 1.807) is 17.0 Å². The van der Waals surface area contributed by atoms with Crippen molar-refractivity contribution < 1.29 is 9.18 Å². The van der Waals surface area contributed by atoms with Crippen LogP contribution in [0.15, 0.2) is 24.3 Å². The van der Waals surface area contributed by atoms with Gasteiger partial charge < -0.3 is 4.90 Å². The molecule has 3 nitrogen and oxygen atoms in total. The van der Waals surface area contributed by atoms with E-state index in [0.717, 1.165) is 12.2 Å². The molecule has 4 heteroatoms. The Morgan fingerprint density at radius 1 is 1.19 bits per heavy atom. The van der Waals surface area contributed by atoms with Crippen LogP contribution in [0, 0.1) is 5.82 Å². The quantitative estimate of drug-likeness (QED) is 0.754. The predicted molar refractivity (Wildman–Crippen MR) is 61.0 cm³/mol. The lowest BCUT2D eigenvalue weighted by Crippen LogP contribution is -2.36. The fourth-order valence-electron chi connectivity index (χ4n) is 1.89. The molecular weight excluding hydrogens is 207 g/mol. The van der Waals surface area contributed by atoms with E-state index in [2.05, 4.69) is 0 Å². The van der Waals surface area contributed by atoms with Gasteiger partial charge in [-0.05, 0) is 38.1 Å². The van der Waals surface area contributed by atoms with Gasteiger partial charge in [0.05, 0.1) is 0 Å². The molecule has 86 valence electrons. The van der Waals surface area contributed by atoms with E-state index in [-0.39, 0.29) is 17.9 Å². The minimum atomic E-state index is -0.281. The fraction of sp³-hybridized carbons (Fsp3) is 0.417. The first-order chi connectivity index (χ1) is 7.59. The Hall–Kier alpha value is -1.58. The van der Waals surface area contributed by atoms with Crippen LogP contribution in [0.25, 0.3) is 0 Å². The fourth-order valence-corrected chi connectivity index (χ4v) is 1.89. The topological polar surface area (TPSA) is 23.6 Å². The summed E-state index contributed by atoms with van der Waals surface area (Å²) in [6.07, 6.45) is 0. The van der Waals surface area contributed by atoms with E-state index >= 15 is 0 Å². The van der Waals surface area contributed by atoms with E-state index in [0.29, 0.717) is 6.54 Å². The third-order valence-electron chi connectivity index (χ3n) is 2.80. The highest BCUT2D eigenvalue weighted by Crippen LogP contribution is 2.21. The number of anilines is 1. The van der Waals surface area contributed by atoms with Crippen molar-refractivity contribution in [1.82, 2.24) is 4.90 Å². The summed E-state index contributed by atoms with van der Waals surface area (Å²) in [6, 6.07) is 6.23. The highest BCUT2D eigenvalue weighted by Gasteiger charge is 2.30. The molecule has 1 aliphatic rings. The minimum Gasteiger partial charge on any atom is -0.320 e. The second kappa shape index (κ2) is 4.12. The number of carbonyl (C=O) groups is 1. The molecule has 0 N–H and O–H groups in total. The lowest BCUT2D eigenvalue weighted by atomic mass is 10.3. The summed E-state index contributed by atoms with van der Waals surface area (Å²) in [7, 11) is 0. The Morgan fingerprint density at radius 2 is 1.81 bits per heavy atom. The van der Waals surface area contributed by atoms with Crippen LogP contribution in [0.2, 0.25) is 0 Å². The third kappa shape index (κ3) is 1.87. The van der Waals surface area contributed by atoms with Crippen molar-refractivity contribution >= 4 is 11.7 Å². The number of hydrogen-bond acceptors (Lipinski definition) is 1. The van der Waals surface area contributed by atoms with Gasteiger partial charge in [-0.2, -0.15) is 0 Å². The second-order valence-electron chi connectivity index (χ2n) is 4.20. The van der Waals surface area contributed by atoms with Gasteiger partial charge in [0, 0.05) is 24.8 Å². The number of amides is 2. The lowest BCUT2D eigenvalue weighted by molar-refractivity contribution is 0.209. The highest BCUT2D eigenvalue weighted by molar-refractivity contribution is 5.94. The van der Waals surface area contributed by atoms with Crippen LogP contribution in [-0.2, 0) is 0 Å². The van der Waals surface area contributed by atoms with Crippen LogP contribution < -0.4 is 4.90 Å². The van der Waals surface area contributed by atoms with Crippen LogP contribution in [0.1, 0.15) is 13.8 Å². The number of benzene rings is 1. The molecule has 0 saturated carbocycles. The zero-order valence-corrected chi connectivity index (χ0v) is 9.48. The standard InChI is InChI=1S/C12H15FN2O/c1-9(2)14-7-8-15(12(14)16)11-5-3-10(13)4-6-11/h3-6,9H,7-8H2,1-2H3. The van der Waals surface area contributed by atoms with Gasteiger partial charge in [0.25, 0.3) is 0 Å². The van der Waals surface area contributed by atoms with Crippen molar-refractivity contribution in [3.8, 4) is 0 Å². The van der Waals surface area contributed by atoms with Crippen molar-refractivity contribution in [3.63, 3.8) is 0 Å². The first-order valence-electron chi connectivity index (χ1n) is 5.43. The maximum atomic E-state index is 12.8. The minimum absolute atomic E-state index is 0.00149. The second-order valence-corrected chi connectivity index (χ2v) is 4.20. The summed E-state index contributed by atoms with van der Waals surface area (Å²) in [5, 5.41) is 0. The molecule has 0 bridgehead atoms. The van der Waals surface area contributed by atoms with Gasteiger partial charge in [-0.1, -0.05) is 0 Å². The van der Waals surface area contributed by atoms with Crippen molar-refractivity contribution in [2.24, 2.45) is 0 Å². The van der Waals surface area contributed by atoms with Crippen molar-refractivity contribution in [2.45, 2.75) is 19.9 Å². The maximum Gasteiger partial charge on any atom is 0.324 e. The molecular formula is C12H15FN2O. The van der Waals surface area contributed by atoms with Gasteiger partial charge in [-0.3, -0.25) is 4.90 Å². The molecule has 1 fully saturated rings. The van der Waals surface area contributed by atoms with E-state index in [1.165, 1.54) is 12.1 Å². The van der Waals surface area contributed by atoms with Crippen molar-refractivity contribution in [1.29, 1.82) is 0 Å². The largest absolute Gasteiger partial charge is 0.324 e. The molecule has 16 heavy (non-hydrogen) atoms. The maximum absolute atomic E-state index is 12.8. The van der Waals surface area contributed by atoms with E-state index < -0.39 is 0 Å². The average Bonchev–Trinajstić information content (AvgIpc) is 2.61. The molecule has 1 saturated heterocycles. The molecule has 1 aromatic rings. The van der Waals surface area contributed by atoms with Crippen molar-refractivity contribution in [2.75, 3.05) is 18.0 Å². The molecule has 2 rings (SSSR count). The Balaban J connectivity index is 2.18. The normalized spacial score (nSPS) is 16.4. The molecule has 1 aromatic carbocycles. The smallest absolute Gasteiger partial charge is 0.320 e. The SMILES string of the molecule is CC(C)N1CCN(c2ccc(F)cc2)C1=O. The lowest BCUT2D eigenvalue weighted by Gasteiger charge is -2.21. The van der Waals surface area contributed by atoms with Gasteiger partial charge in [0.1, 0.15) is 5.82 Å². The molecule has 0 unspecified atom stereocenters. The van der Waals surface area contributed by atoms with Crippen LogP contribution in [0.5, 0.6) is 0 Å². The zero-order valence-electron chi connectivity index (χ0n) is 9.48. The van der Waals surface area contributed by atoms with Crippen LogP contribution in [0.4, 0.5) is 14.9 Å². The molecule has 0 radical (unpaired) electrons. The third-order valence-corrected chi connectivity index (χ3v) is 2.80. The number of halogens is 1. The molecule has 1 aliphatic heterocycles.